The van der Waals surface area contributed by atoms with Gasteiger partial charge in [-0.3, -0.25) is 0 Å². The van der Waals surface area contributed by atoms with Gasteiger partial charge in [-0.2, -0.15) is 8.78 Å². The van der Waals surface area contributed by atoms with Gasteiger partial charge in [0.05, 0.1) is 19.1 Å². The number of hydrogen-bond acceptors (Lipinski definition) is 3. The van der Waals surface area contributed by atoms with E-state index in [1.54, 1.807) is 6.07 Å². The first-order chi connectivity index (χ1) is 20.2. The maximum atomic E-state index is 15.3. The van der Waals surface area contributed by atoms with Crippen LogP contribution in [0.5, 0.6) is 5.75 Å². The van der Waals surface area contributed by atoms with Gasteiger partial charge in [0.1, 0.15) is 11.6 Å². The topological polar surface area (TPSA) is 27.7 Å². The van der Waals surface area contributed by atoms with Crippen molar-refractivity contribution >= 4 is 0 Å². The predicted octanol–water partition coefficient (Wildman–Crippen LogP) is 9.67. The molecule has 0 atom stereocenters. The van der Waals surface area contributed by atoms with Gasteiger partial charge in [0.25, 0.3) is 0 Å². The van der Waals surface area contributed by atoms with Crippen molar-refractivity contribution in [2.24, 2.45) is 17.8 Å². The third kappa shape index (κ3) is 7.54. The quantitative estimate of drug-likeness (QED) is 0.214. The van der Waals surface area contributed by atoms with Crippen molar-refractivity contribution in [3.63, 3.8) is 0 Å². The molecule has 230 valence electrons. The molecule has 0 amide bonds. The number of alkyl halides is 2. The van der Waals surface area contributed by atoms with Crippen LogP contribution >= 0.6 is 0 Å². The lowest BCUT2D eigenvalue weighted by Gasteiger charge is -2.37. The second-order valence-corrected chi connectivity index (χ2v) is 12.2. The van der Waals surface area contributed by atoms with Gasteiger partial charge in [0, 0.05) is 17.9 Å². The van der Waals surface area contributed by atoms with E-state index in [1.165, 1.54) is 0 Å². The zero-order valence-corrected chi connectivity index (χ0v) is 24.2. The van der Waals surface area contributed by atoms with E-state index in [1.807, 2.05) is 12.1 Å². The van der Waals surface area contributed by atoms with Crippen molar-refractivity contribution in [3.8, 4) is 5.75 Å². The van der Waals surface area contributed by atoms with Crippen LogP contribution in [0.2, 0.25) is 0 Å². The van der Waals surface area contributed by atoms with Gasteiger partial charge in [-0.15, -0.1) is 0 Å². The first-order valence-electron chi connectivity index (χ1n) is 15.4. The van der Waals surface area contributed by atoms with Crippen molar-refractivity contribution in [2.75, 3.05) is 13.2 Å². The Morgan fingerprint density at radius 3 is 2.12 bits per heavy atom. The number of benzene rings is 2. The highest BCUT2D eigenvalue weighted by Gasteiger charge is 2.44. The third-order valence-corrected chi connectivity index (χ3v) is 9.30. The van der Waals surface area contributed by atoms with Crippen LogP contribution < -0.4 is 4.74 Å². The summed E-state index contributed by atoms with van der Waals surface area (Å²) in [6.45, 7) is 3.58. The fourth-order valence-electron chi connectivity index (χ4n) is 6.80. The van der Waals surface area contributed by atoms with Crippen molar-refractivity contribution in [1.82, 2.24) is 0 Å². The van der Waals surface area contributed by atoms with Crippen LogP contribution in [-0.4, -0.2) is 25.6 Å². The number of allylic oxidation sites excluding steroid dienone is 2. The Labute approximate surface area is 245 Å². The molecule has 1 saturated heterocycles. The molecule has 42 heavy (non-hydrogen) atoms. The molecule has 8 heteroatoms. The Kier molecular flexibility index (Phi) is 10.3. The Balaban J connectivity index is 1.09. The van der Waals surface area contributed by atoms with E-state index in [9.17, 15) is 17.6 Å². The summed E-state index contributed by atoms with van der Waals surface area (Å²) in [5.41, 5.74) is 1.56. The van der Waals surface area contributed by atoms with Gasteiger partial charge in [-0.05, 0) is 105 Å². The van der Waals surface area contributed by atoms with Crippen LogP contribution in [0.15, 0.2) is 48.6 Å². The van der Waals surface area contributed by atoms with Crippen LogP contribution in [0.25, 0.3) is 0 Å². The third-order valence-electron chi connectivity index (χ3n) is 9.30. The van der Waals surface area contributed by atoms with Crippen LogP contribution in [0.3, 0.4) is 0 Å². The fraction of sp³-hybridized carbons (Fsp3) is 0.588. The van der Waals surface area contributed by atoms with Crippen molar-refractivity contribution < 1.29 is 36.2 Å². The molecule has 0 aromatic heterocycles. The maximum absolute atomic E-state index is 15.3. The summed E-state index contributed by atoms with van der Waals surface area (Å²) < 4.78 is 88.3. The van der Waals surface area contributed by atoms with Crippen molar-refractivity contribution in [1.29, 1.82) is 0 Å². The standard InChI is InChI=1S/C34H41F5O3/c1-2-3-4-5-22-20-40-33(41-21-22)25-8-6-23(7-9-25)26-12-16-29(31(36)18-26)24-10-13-27(14-11-24)34(38,39)42-28-15-17-30(35)32(37)19-28/h3-4,12,15-19,22-25,27,33H,2,5-11,13-14,20-21H2,1H3/b4-3-. The molecule has 5 rings (SSSR count). The van der Waals surface area contributed by atoms with Crippen LogP contribution in [0.1, 0.15) is 94.1 Å². The summed E-state index contributed by atoms with van der Waals surface area (Å²) in [5.74, 6) is -3.23. The van der Waals surface area contributed by atoms with Crippen LogP contribution in [0, 0.1) is 35.2 Å². The molecule has 3 aliphatic rings. The molecule has 2 aromatic rings. The van der Waals surface area contributed by atoms with Crippen molar-refractivity contribution in [2.45, 2.75) is 95.4 Å². The van der Waals surface area contributed by atoms with E-state index in [0.717, 1.165) is 69.4 Å². The summed E-state index contributed by atoms with van der Waals surface area (Å²) in [7, 11) is 0. The molecule has 0 radical (unpaired) electrons. The van der Waals surface area contributed by atoms with Crippen LogP contribution in [-0.2, 0) is 9.47 Å². The Bertz CT molecular complexity index is 1190. The lowest BCUT2D eigenvalue weighted by Crippen LogP contribution is -2.38. The molecule has 3 fully saturated rings. The Morgan fingerprint density at radius 2 is 1.48 bits per heavy atom. The number of hydrogen-bond donors (Lipinski definition) is 0. The Morgan fingerprint density at radius 1 is 0.786 bits per heavy atom. The molecule has 0 unspecified atom stereocenters. The Hall–Kier alpha value is -2.45. The minimum absolute atomic E-state index is 0.146. The summed E-state index contributed by atoms with van der Waals surface area (Å²) in [6.07, 6.45) is 7.67. The minimum Gasteiger partial charge on any atom is -0.432 e. The van der Waals surface area contributed by atoms with Gasteiger partial charge in [0.15, 0.2) is 17.9 Å². The molecule has 3 nitrogen and oxygen atoms in total. The summed E-state index contributed by atoms with van der Waals surface area (Å²) in [4.78, 5) is 0. The molecule has 2 aliphatic carbocycles. The maximum Gasteiger partial charge on any atom is 0.400 e. The zero-order chi connectivity index (χ0) is 29.7. The van der Waals surface area contributed by atoms with Crippen molar-refractivity contribution in [3.05, 3.63) is 77.1 Å². The monoisotopic (exact) mass is 592 g/mol. The van der Waals surface area contributed by atoms with Gasteiger partial charge < -0.3 is 14.2 Å². The molecule has 1 aliphatic heterocycles. The van der Waals surface area contributed by atoms with E-state index >= 15 is 4.39 Å². The molecule has 2 aromatic carbocycles. The molecular weight excluding hydrogens is 551 g/mol. The molecule has 0 bridgehead atoms. The highest BCUT2D eigenvalue weighted by atomic mass is 19.3. The summed E-state index contributed by atoms with van der Waals surface area (Å²) in [6, 6.07) is 7.84. The lowest BCUT2D eigenvalue weighted by atomic mass is 9.76. The number of halogens is 5. The zero-order valence-electron chi connectivity index (χ0n) is 24.2. The lowest BCUT2D eigenvalue weighted by molar-refractivity contribution is -0.228. The largest absolute Gasteiger partial charge is 0.432 e. The smallest absolute Gasteiger partial charge is 0.400 e. The average Bonchev–Trinajstić information content (AvgIpc) is 2.99. The second-order valence-electron chi connectivity index (χ2n) is 12.2. The number of ether oxygens (including phenoxy) is 3. The normalized spacial score (nSPS) is 29.1. The highest BCUT2D eigenvalue weighted by Crippen LogP contribution is 2.45. The van der Waals surface area contributed by atoms with Crippen LogP contribution in [0.4, 0.5) is 22.0 Å². The first kappa shape index (κ1) is 31.0. The SMILES string of the molecule is CC/C=C\CC1COC(C2CCC(c3ccc(C4CCC(C(F)(F)Oc5ccc(F)c(F)c5)CC4)c(F)c3)CC2)OC1. The molecule has 1 heterocycles. The second kappa shape index (κ2) is 13.9. The van der Waals surface area contributed by atoms with E-state index in [4.69, 9.17) is 14.2 Å². The van der Waals surface area contributed by atoms with Gasteiger partial charge in [-0.1, -0.05) is 31.2 Å². The molecule has 0 spiro atoms. The van der Waals surface area contributed by atoms with E-state index in [2.05, 4.69) is 19.1 Å². The van der Waals surface area contributed by atoms with Gasteiger partial charge in [0.2, 0.25) is 0 Å². The van der Waals surface area contributed by atoms with E-state index < -0.39 is 29.4 Å². The molecule has 0 N–H and O–H groups in total. The fourth-order valence-corrected chi connectivity index (χ4v) is 6.80. The van der Waals surface area contributed by atoms with E-state index in [-0.39, 0.29) is 36.8 Å². The minimum atomic E-state index is -3.53. The predicted molar refractivity (Wildman–Crippen MR) is 151 cm³/mol. The van der Waals surface area contributed by atoms with Gasteiger partial charge >= 0.3 is 6.11 Å². The highest BCUT2D eigenvalue weighted by molar-refractivity contribution is 5.30. The number of rotatable bonds is 9. The average molecular weight is 593 g/mol. The summed E-state index contributed by atoms with van der Waals surface area (Å²) >= 11 is 0. The van der Waals surface area contributed by atoms with E-state index in [0.29, 0.717) is 36.3 Å². The van der Waals surface area contributed by atoms with Gasteiger partial charge in [-0.25, -0.2) is 13.2 Å². The molecule has 2 saturated carbocycles. The first-order valence-corrected chi connectivity index (χ1v) is 15.4. The summed E-state index contributed by atoms with van der Waals surface area (Å²) in [5, 5.41) is 0. The molecular formula is C34H41F5O3.